The number of alkyl halides is 3. The summed E-state index contributed by atoms with van der Waals surface area (Å²) in [6.45, 7) is -0.161. The number of nitrogens with zero attached hydrogens (tertiary/aromatic N) is 3. The van der Waals surface area contributed by atoms with Crippen LogP contribution in [0.5, 0.6) is 0 Å². The monoisotopic (exact) mass is 431 g/mol. The molecule has 152 valence electrons. The van der Waals surface area contributed by atoms with Gasteiger partial charge >= 0.3 is 12.1 Å². The van der Waals surface area contributed by atoms with Crippen LogP contribution in [0.25, 0.3) is 11.0 Å². The topological polar surface area (TPSA) is 75.3 Å². The normalized spacial score (nSPS) is 16.8. The lowest BCUT2D eigenvalue weighted by atomic mass is 10.1. The minimum absolute atomic E-state index is 0.0241. The van der Waals surface area contributed by atoms with E-state index >= 15 is 0 Å². The molecule has 29 heavy (non-hydrogen) atoms. The number of methoxy groups -OCH3 is 1. The Hall–Kier alpha value is -3.08. The van der Waals surface area contributed by atoms with Crippen LogP contribution in [0.3, 0.4) is 0 Å². The summed E-state index contributed by atoms with van der Waals surface area (Å²) in [5.41, 5.74) is -1.76. The van der Waals surface area contributed by atoms with Gasteiger partial charge in [-0.1, -0.05) is 11.6 Å². The van der Waals surface area contributed by atoms with Crippen LogP contribution >= 0.6 is 11.6 Å². The number of carbonyl (C=O) groups excluding carboxylic acids is 2. The van der Waals surface area contributed by atoms with Gasteiger partial charge in [0.2, 0.25) is 11.7 Å². The average Bonchev–Trinajstić information content (AvgIpc) is 3.28. The number of carbonyl (C=O) groups is 2. The summed E-state index contributed by atoms with van der Waals surface area (Å²) in [6.07, 6.45) is -4.43. The van der Waals surface area contributed by atoms with Crippen LogP contribution in [0, 0.1) is 5.82 Å². The van der Waals surface area contributed by atoms with Crippen LogP contribution in [0.4, 0.5) is 23.2 Å². The standard InChI is InChI=1S/C17H10ClF4N3O4/c1-28-15(27)10-4-7-13(9(19)5-8(18)14(7)29-10)25-12(26)6-11(17(20,21)22)24-3-2-23-16(24)25/h4-6H,2-3H2,1H3. The predicted molar refractivity (Wildman–Crippen MR) is 93.2 cm³/mol. The molecule has 2 aliphatic rings. The second-order valence-electron chi connectivity index (χ2n) is 6.07. The highest BCUT2D eigenvalue weighted by molar-refractivity contribution is 6.36. The number of rotatable bonds is 2. The Morgan fingerprint density at radius 2 is 2.07 bits per heavy atom. The van der Waals surface area contributed by atoms with E-state index < -0.39 is 35.3 Å². The SMILES string of the molecule is COC(=O)c1cc2c(N3C(=O)C=C(C(F)(F)F)N4CCN=C43)c(F)cc(Cl)c2o1. The summed E-state index contributed by atoms with van der Waals surface area (Å²) in [4.78, 5) is 29.8. The minimum Gasteiger partial charge on any atom is -0.463 e. The van der Waals surface area contributed by atoms with Crippen molar-refractivity contribution in [1.29, 1.82) is 0 Å². The van der Waals surface area contributed by atoms with Crippen molar-refractivity contribution >= 4 is 46.1 Å². The van der Waals surface area contributed by atoms with Crippen molar-refractivity contribution in [3.05, 3.63) is 40.5 Å². The molecule has 0 bridgehead atoms. The molecule has 12 heteroatoms. The van der Waals surface area contributed by atoms with E-state index in [0.717, 1.165) is 24.1 Å². The summed E-state index contributed by atoms with van der Waals surface area (Å²) in [6, 6.07) is 1.93. The van der Waals surface area contributed by atoms with Crippen molar-refractivity contribution in [2.24, 2.45) is 4.99 Å². The van der Waals surface area contributed by atoms with Gasteiger partial charge < -0.3 is 14.1 Å². The van der Waals surface area contributed by atoms with Gasteiger partial charge in [0.15, 0.2) is 5.58 Å². The maximum atomic E-state index is 14.9. The molecule has 2 aromatic rings. The first-order valence-corrected chi connectivity index (χ1v) is 8.46. The van der Waals surface area contributed by atoms with Crippen LogP contribution in [0.2, 0.25) is 5.02 Å². The number of anilines is 1. The van der Waals surface area contributed by atoms with Gasteiger partial charge in [0.25, 0.3) is 5.91 Å². The fraction of sp³-hybridized carbons (Fsp3) is 0.235. The van der Waals surface area contributed by atoms with E-state index in [4.69, 9.17) is 16.0 Å². The number of ether oxygens (including phenoxy) is 1. The van der Waals surface area contributed by atoms with E-state index in [0.29, 0.717) is 11.0 Å². The van der Waals surface area contributed by atoms with E-state index in [1.807, 2.05) is 0 Å². The van der Waals surface area contributed by atoms with Crippen molar-refractivity contribution in [2.45, 2.75) is 6.18 Å². The smallest absolute Gasteiger partial charge is 0.431 e. The molecule has 0 radical (unpaired) electrons. The maximum absolute atomic E-state index is 14.9. The summed E-state index contributed by atoms with van der Waals surface area (Å²) < 4.78 is 64.6. The van der Waals surface area contributed by atoms with Crippen LogP contribution in [0.1, 0.15) is 10.6 Å². The Kier molecular flexibility index (Phi) is 4.30. The van der Waals surface area contributed by atoms with Gasteiger partial charge in [0.05, 0.1) is 29.8 Å². The molecule has 7 nitrogen and oxygen atoms in total. The lowest BCUT2D eigenvalue weighted by Gasteiger charge is -2.35. The quantitative estimate of drug-likeness (QED) is 0.537. The summed E-state index contributed by atoms with van der Waals surface area (Å²) in [5, 5.41) is -0.292. The minimum atomic E-state index is -4.80. The molecule has 0 unspecified atom stereocenters. The molecule has 0 saturated heterocycles. The number of allylic oxidation sites excluding steroid dienone is 1. The second kappa shape index (κ2) is 6.48. The summed E-state index contributed by atoms with van der Waals surface area (Å²) >= 11 is 5.97. The number of hydrogen-bond acceptors (Lipinski definition) is 6. The fourth-order valence-electron chi connectivity index (χ4n) is 3.20. The van der Waals surface area contributed by atoms with Gasteiger partial charge in [-0.15, -0.1) is 0 Å². The Labute approximate surface area is 164 Å². The summed E-state index contributed by atoms with van der Waals surface area (Å²) in [7, 11) is 1.10. The van der Waals surface area contributed by atoms with Crippen LogP contribution in [0.15, 0.2) is 33.3 Å². The summed E-state index contributed by atoms with van der Waals surface area (Å²) in [5.74, 6) is -3.75. The molecule has 0 N–H and O–H groups in total. The number of benzene rings is 1. The van der Waals surface area contributed by atoms with Crippen molar-refractivity contribution in [3.63, 3.8) is 0 Å². The Balaban J connectivity index is 1.95. The third-order valence-corrected chi connectivity index (χ3v) is 4.65. The zero-order valence-electron chi connectivity index (χ0n) is 14.5. The van der Waals surface area contributed by atoms with E-state index in [-0.39, 0.29) is 40.8 Å². The second-order valence-corrected chi connectivity index (χ2v) is 6.48. The third kappa shape index (κ3) is 2.92. The largest absolute Gasteiger partial charge is 0.463 e. The number of amides is 1. The number of halogens is 5. The molecule has 1 aromatic heterocycles. The van der Waals surface area contributed by atoms with Gasteiger partial charge in [-0.3, -0.25) is 9.79 Å². The van der Waals surface area contributed by atoms with E-state index in [1.165, 1.54) is 0 Å². The van der Waals surface area contributed by atoms with Crippen LogP contribution in [-0.2, 0) is 9.53 Å². The number of guanidine groups is 1. The number of hydrogen-bond donors (Lipinski definition) is 0. The Morgan fingerprint density at radius 3 is 2.72 bits per heavy atom. The van der Waals surface area contributed by atoms with Gasteiger partial charge in [-0.05, 0) is 6.07 Å². The lowest BCUT2D eigenvalue weighted by molar-refractivity contribution is -0.119. The van der Waals surface area contributed by atoms with E-state index in [1.54, 1.807) is 0 Å². The van der Waals surface area contributed by atoms with Gasteiger partial charge in [-0.25, -0.2) is 14.1 Å². The Morgan fingerprint density at radius 1 is 1.34 bits per heavy atom. The molecule has 0 aliphatic carbocycles. The van der Waals surface area contributed by atoms with Crippen LogP contribution in [-0.4, -0.2) is 49.1 Å². The van der Waals surface area contributed by atoms with Gasteiger partial charge in [-0.2, -0.15) is 13.2 Å². The third-order valence-electron chi connectivity index (χ3n) is 4.37. The fourth-order valence-corrected chi connectivity index (χ4v) is 3.44. The number of fused-ring (bicyclic) bond motifs is 2. The molecule has 4 rings (SSSR count). The molecule has 3 heterocycles. The maximum Gasteiger partial charge on any atom is 0.431 e. The lowest BCUT2D eigenvalue weighted by Crippen LogP contribution is -2.51. The molecule has 0 atom stereocenters. The molecule has 0 fully saturated rings. The predicted octanol–water partition coefficient (Wildman–Crippen LogP) is 3.48. The Bertz CT molecular complexity index is 1120. The number of esters is 1. The molecule has 1 amide bonds. The number of aliphatic imine (C=N–C) groups is 1. The van der Waals surface area contributed by atoms with Gasteiger partial charge in [0, 0.05) is 18.7 Å². The molecular weight excluding hydrogens is 422 g/mol. The first-order chi connectivity index (χ1) is 13.6. The average molecular weight is 432 g/mol. The first kappa shape index (κ1) is 19.2. The van der Waals surface area contributed by atoms with Crippen molar-refractivity contribution in [3.8, 4) is 0 Å². The van der Waals surface area contributed by atoms with Crippen molar-refractivity contribution in [2.75, 3.05) is 25.1 Å². The van der Waals surface area contributed by atoms with Gasteiger partial charge in [0.1, 0.15) is 11.5 Å². The highest BCUT2D eigenvalue weighted by atomic mass is 35.5. The zero-order valence-corrected chi connectivity index (χ0v) is 15.3. The molecule has 1 aromatic carbocycles. The molecule has 0 saturated carbocycles. The highest BCUT2D eigenvalue weighted by Gasteiger charge is 2.47. The van der Waals surface area contributed by atoms with Crippen molar-refractivity contribution in [1.82, 2.24) is 4.90 Å². The first-order valence-electron chi connectivity index (χ1n) is 8.08. The zero-order chi connectivity index (χ0) is 21.1. The van der Waals surface area contributed by atoms with Crippen LogP contribution < -0.4 is 4.90 Å². The highest BCUT2D eigenvalue weighted by Crippen LogP contribution is 2.41. The van der Waals surface area contributed by atoms with Crippen molar-refractivity contribution < 1.29 is 36.3 Å². The molecule has 2 aliphatic heterocycles. The molecule has 0 spiro atoms. The van der Waals surface area contributed by atoms with E-state index in [9.17, 15) is 27.2 Å². The molecular formula is C17H10ClF4N3O4. The number of furan rings is 1. The van der Waals surface area contributed by atoms with E-state index in [2.05, 4.69) is 9.73 Å².